The van der Waals surface area contributed by atoms with Crippen molar-refractivity contribution in [3.8, 4) is 0 Å². The Labute approximate surface area is 244 Å². The lowest BCUT2D eigenvalue weighted by molar-refractivity contribution is -0.151. The highest BCUT2D eigenvalue weighted by Crippen LogP contribution is 2.71. The zero-order valence-electron chi connectivity index (χ0n) is 23.3. The summed E-state index contributed by atoms with van der Waals surface area (Å²) in [5, 5.41) is 5.75. The minimum absolute atomic E-state index is 0.135. The molecule has 1 aliphatic heterocycles. The van der Waals surface area contributed by atoms with Gasteiger partial charge in [-0.2, -0.15) is 17.5 Å². The van der Waals surface area contributed by atoms with Crippen LogP contribution >= 0.6 is 0 Å². The number of rotatable bonds is 9. The maximum Gasteiger partial charge on any atom is 0.416 e. The molecule has 7 rings (SSSR count). The number of benzene rings is 2. The molecule has 1 heterocycles. The van der Waals surface area contributed by atoms with E-state index in [4.69, 9.17) is 4.99 Å². The summed E-state index contributed by atoms with van der Waals surface area (Å²) in [7, 11) is -4.19. The van der Waals surface area contributed by atoms with Crippen LogP contribution in [0.5, 0.6) is 0 Å². The van der Waals surface area contributed by atoms with Crippen LogP contribution in [0.15, 0.2) is 58.4 Å². The molecule has 0 radical (unpaired) electrons. The minimum atomic E-state index is -4.54. The van der Waals surface area contributed by atoms with Gasteiger partial charge in [-0.05, 0) is 75.1 Å². The summed E-state index contributed by atoms with van der Waals surface area (Å²) in [4.78, 5) is 17.5. The van der Waals surface area contributed by atoms with E-state index in [9.17, 15) is 39.6 Å². The third kappa shape index (κ3) is 5.09. The number of amidine groups is 1. The molecule has 0 saturated heterocycles. The highest BCUT2D eigenvalue weighted by atomic mass is 32.2. The van der Waals surface area contributed by atoms with E-state index in [0.29, 0.717) is 30.7 Å². The first-order chi connectivity index (χ1) is 19.9. The molecule has 2 atom stereocenters. The molecule has 4 aliphatic carbocycles. The highest BCUT2D eigenvalue weighted by Gasteiger charge is 2.75. The van der Waals surface area contributed by atoms with Crippen molar-refractivity contribution in [1.29, 1.82) is 0 Å². The molecule has 2 aromatic carbocycles. The fraction of sp³-hybridized carbons (Fsp3) is 0.517. The Hall–Kier alpha value is -3.13. The topological polar surface area (TPSA) is 90.9 Å². The Kier molecular flexibility index (Phi) is 6.56. The van der Waals surface area contributed by atoms with E-state index in [-0.39, 0.29) is 24.4 Å². The molecule has 0 aromatic heterocycles. The molecule has 2 N–H and O–H groups in total. The molecule has 14 heteroatoms. The van der Waals surface area contributed by atoms with Crippen LogP contribution in [0.4, 0.5) is 26.3 Å². The highest BCUT2D eigenvalue weighted by molar-refractivity contribution is 7.89. The molecule has 0 spiro atoms. The molecule has 1 amide bonds. The second-order valence-electron chi connectivity index (χ2n) is 12.8. The summed E-state index contributed by atoms with van der Waals surface area (Å²) in [6.45, 7) is 3.17. The van der Waals surface area contributed by atoms with Crippen LogP contribution in [-0.2, 0) is 27.5 Å². The molecule has 2 aromatic rings. The Morgan fingerprint density at radius 1 is 1.05 bits per heavy atom. The van der Waals surface area contributed by atoms with Gasteiger partial charge in [-0.3, -0.25) is 9.79 Å². The van der Waals surface area contributed by atoms with Crippen molar-refractivity contribution in [2.45, 2.75) is 80.2 Å². The summed E-state index contributed by atoms with van der Waals surface area (Å²) >= 11 is 0. The molecule has 4 saturated carbocycles. The van der Waals surface area contributed by atoms with Gasteiger partial charge in [0.15, 0.2) is 0 Å². The van der Waals surface area contributed by atoms with Gasteiger partial charge in [0.05, 0.1) is 16.0 Å². The predicted molar refractivity (Wildman–Crippen MR) is 144 cm³/mol. The van der Waals surface area contributed by atoms with Crippen molar-refractivity contribution in [3.05, 3.63) is 65.5 Å². The number of carbonyl (C=O) groups is 1. The number of alkyl halides is 5. The number of hydrogen-bond donors (Lipinski definition) is 2. The Balaban J connectivity index is 1.21. The number of carbonyl (C=O) groups excluding carboxylic acids is 1. The predicted octanol–water partition coefficient (Wildman–Crippen LogP) is 4.88. The number of halogens is 6. The van der Waals surface area contributed by atoms with E-state index < -0.39 is 67.9 Å². The van der Waals surface area contributed by atoms with Crippen molar-refractivity contribution < 1.29 is 39.6 Å². The van der Waals surface area contributed by atoms with Crippen LogP contribution < -0.4 is 10.6 Å². The average Bonchev–Trinajstić information content (AvgIpc) is 3.35. The van der Waals surface area contributed by atoms with Gasteiger partial charge in [0, 0.05) is 36.4 Å². The minimum Gasteiger partial charge on any atom is -0.360 e. The zero-order valence-corrected chi connectivity index (χ0v) is 24.1. The van der Waals surface area contributed by atoms with E-state index in [0.717, 1.165) is 36.4 Å². The number of aliphatic imine (C=N–C) groups is 1. The van der Waals surface area contributed by atoms with Crippen molar-refractivity contribution in [2.24, 2.45) is 16.3 Å². The molecule has 232 valence electrons. The lowest BCUT2D eigenvalue weighted by Gasteiger charge is -2.72. The second kappa shape index (κ2) is 9.43. The first-order valence-electron chi connectivity index (χ1n) is 13.8. The first kappa shape index (κ1) is 29.9. The summed E-state index contributed by atoms with van der Waals surface area (Å²) in [5.74, 6) is -4.15. The van der Waals surface area contributed by atoms with Crippen LogP contribution in [-0.4, -0.2) is 54.1 Å². The molecule has 2 bridgehead atoms. The molecule has 43 heavy (non-hydrogen) atoms. The summed E-state index contributed by atoms with van der Waals surface area (Å²) in [6, 6.07) is 7.84. The van der Waals surface area contributed by atoms with Gasteiger partial charge in [0.25, 0.3) is 5.92 Å². The van der Waals surface area contributed by atoms with Crippen LogP contribution in [0.1, 0.15) is 50.7 Å². The zero-order chi connectivity index (χ0) is 31.2. The lowest BCUT2D eigenvalue weighted by Crippen LogP contribution is -2.78. The normalized spacial score (nSPS) is 30.1. The van der Waals surface area contributed by atoms with Crippen molar-refractivity contribution in [1.82, 2.24) is 14.9 Å². The van der Waals surface area contributed by atoms with Crippen LogP contribution in [0.25, 0.3) is 0 Å². The molecule has 7 nitrogen and oxygen atoms in total. The van der Waals surface area contributed by atoms with Crippen LogP contribution in [0, 0.1) is 17.2 Å². The van der Waals surface area contributed by atoms with Crippen LogP contribution in [0.3, 0.4) is 0 Å². The maximum absolute atomic E-state index is 13.9. The lowest BCUT2D eigenvalue weighted by atomic mass is 9.38. The number of nitrogens with one attached hydrogen (secondary N) is 2. The number of hydrogen-bond acceptors (Lipinski definition) is 5. The van der Waals surface area contributed by atoms with E-state index in [1.54, 1.807) is 13.8 Å². The Morgan fingerprint density at radius 2 is 1.63 bits per heavy atom. The van der Waals surface area contributed by atoms with Crippen LogP contribution in [0.2, 0.25) is 0 Å². The van der Waals surface area contributed by atoms with Gasteiger partial charge in [-0.15, -0.1) is 0 Å². The first-order valence-corrected chi connectivity index (χ1v) is 15.3. The third-order valence-corrected chi connectivity index (χ3v) is 11.1. The number of sulfonamides is 1. The molecular formula is C29H30F6N4O3S. The van der Waals surface area contributed by atoms with Gasteiger partial charge in [0.1, 0.15) is 17.7 Å². The molecule has 4 fully saturated rings. The third-order valence-electron chi connectivity index (χ3n) is 9.17. The molecule has 5 aliphatic rings. The smallest absolute Gasteiger partial charge is 0.360 e. The standard InChI is InChI=1S/C29H30F6N4O3S/c1-25(2)22(23(40)36-12-19-11-28(19,31)32)37-24(38-25)26-14-27(15-26,16-26)39(43(41,42)21-9-7-20(30)8-10-21)13-17-3-5-18(6-4-17)29(33,34)35/h3-10,19,22H,11-16H2,1-2H3,(H,36,40)(H,37,38). The van der Waals surface area contributed by atoms with Crippen molar-refractivity contribution in [2.75, 3.05) is 6.54 Å². The monoisotopic (exact) mass is 628 g/mol. The molecular weight excluding hydrogens is 598 g/mol. The summed E-state index contributed by atoms with van der Waals surface area (Å²) in [6.07, 6.45) is -3.74. The fourth-order valence-corrected chi connectivity index (χ4v) is 8.39. The van der Waals surface area contributed by atoms with Crippen molar-refractivity contribution in [3.63, 3.8) is 0 Å². The Morgan fingerprint density at radius 3 is 2.16 bits per heavy atom. The van der Waals surface area contributed by atoms with E-state index >= 15 is 0 Å². The van der Waals surface area contributed by atoms with E-state index in [1.165, 1.54) is 16.4 Å². The summed E-state index contributed by atoms with van der Waals surface area (Å²) in [5.41, 5.74) is -2.78. The summed E-state index contributed by atoms with van der Waals surface area (Å²) < 4.78 is 108. The quantitative estimate of drug-likeness (QED) is 0.388. The van der Waals surface area contributed by atoms with E-state index in [2.05, 4.69) is 10.6 Å². The van der Waals surface area contributed by atoms with Gasteiger partial charge < -0.3 is 10.6 Å². The van der Waals surface area contributed by atoms with Gasteiger partial charge in [0.2, 0.25) is 15.9 Å². The fourth-order valence-electron chi connectivity index (χ4n) is 6.63. The number of nitrogens with zero attached hydrogens (tertiary/aromatic N) is 2. The van der Waals surface area contributed by atoms with Crippen molar-refractivity contribution >= 4 is 21.8 Å². The van der Waals surface area contributed by atoms with E-state index in [1.807, 2.05) is 0 Å². The maximum atomic E-state index is 13.9. The van der Waals surface area contributed by atoms with Gasteiger partial charge in [-0.1, -0.05) is 12.1 Å². The second-order valence-corrected chi connectivity index (χ2v) is 14.7. The van der Waals surface area contributed by atoms with Gasteiger partial charge >= 0.3 is 6.18 Å². The average molecular weight is 629 g/mol. The SMILES string of the molecule is CC1(C)N=C(C23CC(N(Cc4ccc(C(F)(F)F)cc4)S(=O)(=O)c4ccc(F)cc4)(C2)C3)NC1C(=O)NCC1CC1(F)F. The van der Waals surface area contributed by atoms with Gasteiger partial charge in [-0.25, -0.2) is 21.6 Å². The molecule has 2 unspecified atom stereocenters. The Bertz CT molecular complexity index is 1570. The largest absolute Gasteiger partial charge is 0.416 e. The number of amides is 1.